The topological polar surface area (TPSA) is 39.9 Å². The fraction of sp³-hybridized carbons (Fsp3) is 0.636. The number of rotatable bonds is 2. The number of hydrogen-bond donors (Lipinski definition) is 0. The highest BCUT2D eigenvalue weighted by atomic mass is 32.1. The maximum Gasteiger partial charge on any atom is 0.124 e. The molecule has 2 heterocycles. The average molecular weight is 221 g/mol. The molecule has 0 radical (unpaired) electrons. The van der Waals surface area contributed by atoms with Gasteiger partial charge in [0.05, 0.1) is 12.7 Å². The fourth-order valence-corrected chi connectivity index (χ4v) is 2.60. The summed E-state index contributed by atoms with van der Waals surface area (Å²) in [4.78, 5) is 7.40. The second-order valence-electron chi connectivity index (χ2n) is 4.19. The molecule has 3 nitrogen and oxygen atoms in total. The molecule has 0 aromatic carbocycles. The summed E-state index contributed by atoms with van der Waals surface area (Å²) in [7, 11) is 0. The smallest absolute Gasteiger partial charge is 0.124 e. The first-order valence-electron chi connectivity index (χ1n) is 5.35. The largest absolute Gasteiger partial charge is 0.297 e. The lowest BCUT2D eigenvalue weighted by Crippen LogP contribution is -2.32. The number of likely N-dealkylation sites (tertiary alicyclic amines) is 1. The standard InChI is InChI=1S/C11H15N3S/c1-9-2-4-14(5-3-9)8-11-13-7-10(6-12)15-11/h7,9H,2-5,8H2,1H3. The summed E-state index contributed by atoms with van der Waals surface area (Å²) < 4.78 is 0. The number of nitriles is 1. The van der Waals surface area contributed by atoms with Crippen molar-refractivity contribution < 1.29 is 0 Å². The van der Waals surface area contributed by atoms with E-state index in [1.54, 1.807) is 6.20 Å². The predicted molar refractivity (Wildman–Crippen MR) is 60.5 cm³/mol. The van der Waals surface area contributed by atoms with Gasteiger partial charge < -0.3 is 0 Å². The van der Waals surface area contributed by atoms with Gasteiger partial charge in [-0.1, -0.05) is 6.92 Å². The molecule has 0 saturated carbocycles. The van der Waals surface area contributed by atoms with Crippen molar-refractivity contribution in [1.29, 1.82) is 5.26 Å². The summed E-state index contributed by atoms with van der Waals surface area (Å²) in [5, 5.41) is 9.77. The van der Waals surface area contributed by atoms with Gasteiger partial charge in [-0.05, 0) is 31.8 Å². The Hall–Kier alpha value is -0.920. The highest BCUT2D eigenvalue weighted by molar-refractivity contribution is 7.12. The molecule has 1 aliphatic rings. The minimum atomic E-state index is 0.718. The van der Waals surface area contributed by atoms with Crippen molar-refractivity contribution in [2.75, 3.05) is 13.1 Å². The third-order valence-electron chi connectivity index (χ3n) is 2.90. The molecule has 0 unspecified atom stereocenters. The van der Waals surface area contributed by atoms with Gasteiger partial charge in [-0.25, -0.2) is 4.98 Å². The second-order valence-corrected chi connectivity index (χ2v) is 5.30. The van der Waals surface area contributed by atoms with Crippen molar-refractivity contribution in [3.63, 3.8) is 0 Å². The highest BCUT2D eigenvalue weighted by Crippen LogP contribution is 2.20. The van der Waals surface area contributed by atoms with E-state index < -0.39 is 0 Å². The summed E-state index contributed by atoms with van der Waals surface area (Å²) in [6.07, 6.45) is 4.25. The van der Waals surface area contributed by atoms with Crippen LogP contribution in [0.1, 0.15) is 29.7 Å². The quantitative estimate of drug-likeness (QED) is 0.769. The average Bonchev–Trinajstić information content (AvgIpc) is 2.69. The molecule has 80 valence electrons. The van der Waals surface area contributed by atoms with Gasteiger partial charge >= 0.3 is 0 Å². The van der Waals surface area contributed by atoms with E-state index >= 15 is 0 Å². The van der Waals surface area contributed by atoms with Crippen molar-refractivity contribution >= 4 is 11.3 Å². The molecule has 1 aromatic rings. The number of thiazole rings is 1. The Morgan fingerprint density at radius 2 is 2.33 bits per heavy atom. The number of nitrogens with zero attached hydrogens (tertiary/aromatic N) is 3. The number of hydrogen-bond acceptors (Lipinski definition) is 4. The van der Waals surface area contributed by atoms with E-state index in [1.165, 1.54) is 37.3 Å². The normalized spacial score (nSPS) is 18.9. The molecule has 0 aliphatic carbocycles. The Bertz CT molecular complexity index is 358. The van der Waals surface area contributed by atoms with Gasteiger partial charge in [0, 0.05) is 0 Å². The van der Waals surface area contributed by atoms with Crippen LogP contribution in [0.2, 0.25) is 0 Å². The van der Waals surface area contributed by atoms with Crippen molar-refractivity contribution in [2.45, 2.75) is 26.3 Å². The van der Waals surface area contributed by atoms with Crippen LogP contribution in [0.5, 0.6) is 0 Å². The van der Waals surface area contributed by atoms with Gasteiger partial charge in [-0.2, -0.15) is 5.26 Å². The monoisotopic (exact) mass is 221 g/mol. The van der Waals surface area contributed by atoms with Gasteiger partial charge in [0.15, 0.2) is 0 Å². The van der Waals surface area contributed by atoms with Crippen molar-refractivity contribution in [3.8, 4) is 6.07 Å². The van der Waals surface area contributed by atoms with Crippen LogP contribution in [-0.2, 0) is 6.54 Å². The van der Waals surface area contributed by atoms with Gasteiger partial charge in [0.2, 0.25) is 0 Å². The van der Waals surface area contributed by atoms with Crippen LogP contribution < -0.4 is 0 Å². The third-order valence-corrected chi connectivity index (χ3v) is 3.79. The summed E-state index contributed by atoms with van der Waals surface area (Å²) in [5.41, 5.74) is 0. The van der Waals surface area contributed by atoms with Gasteiger partial charge in [-0.15, -0.1) is 11.3 Å². The van der Waals surface area contributed by atoms with Crippen LogP contribution in [0.4, 0.5) is 0 Å². The van der Waals surface area contributed by atoms with Crippen LogP contribution in [-0.4, -0.2) is 23.0 Å². The van der Waals surface area contributed by atoms with E-state index in [1.807, 2.05) is 0 Å². The zero-order valence-corrected chi connectivity index (χ0v) is 9.76. The number of aromatic nitrogens is 1. The first-order chi connectivity index (χ1) is 7.28. The Morgan fingerprint density at radius 1 is 1.60 bits per heavy atom. The van der Waals surface area contributed by atoms with Gasteiger partial charge in [0.25, 0.3) is 0 Å². The Morgan fingerprint density at radius 3 is 2.93 bits per heavy atom. The zero-order chi connectivity index (χ0) is 10.7. The van der Waals surface area contributed by atoms with Crippen molar-refractivity contribution in [1.82, 2.24) is 9.88 Å². The first-order valence-corrected chi connectivity index (χ1v) is 6.16. The summed E-state index contributed by atoms with van der Waals surface area (Å²) in [6.45, 7) is 5.57. The van der Waals surface area contributed by atoms with Gasteiger partial charge in [0.1, 0.15) is 16.0 Å². The lowest BCUT2D eigenvalue weighted by atomic mass is 9.99. The van der Waals surface area contributed by atoms with Crippen LogP contribution >= 0.6 is 11.3 Å². The Kier molecular flexibility index (Phi) is 3.34. The van der Waals surface area contributed by atoms with E-state index in [0.717, 1.165) is 22.3 Å². The van der Waals surface area contributed by atoms with Crippen LogP contribution in [0.3, 0.4) is 0 Å². The third kappa shape index (κ3) is 2.77. The minimum absolute atomic E-state index is 0.718. The van der Waals surface area contributed by atoms with E-state index in [9.17, 15) is 0 Å². The summed E-state index contributed by atoms with van der Waals surface area (Å²) in [6, 6.07) is 2.13. The first kappa shape index (κ1) is 10.6. The van der Waals surface area contributed by atoms with Crippen LogP contribution in [0, 0.1) is 17.2 Å². The molecule has 1 saturated heterocycles. The minimum Gasteiger partial charge on any atom is -0.297 e. The van der Waals surface area contributed by atoms with Gasteiger partial charge in [-0.3, -0.25) is 4.90 Å². The molecule has 0 N–H and O–H groups in total. The van der Waals surface area contributed by atoms with Crippen molar-refractivity contribution in [2.24, 2.45) is 5.92 Å². The predicted octanol–water partition coefficient (Wildman–Crippen LogP) is 2.25. The van der Waals surface area contributed by atoms with E-state index in [0.29, 0.717) is 0 Å². The second kappa shape index (κ2) is 4.73. The lowest BCUT2D eigenvalue weighted by Gasteiger charge is -2.29. The molecule has 15 heavy (non-hydrogen) atoms. The van der Waals surface area contributed by atoms with Crippen LogP contribution in [0.15, 0.2) is 6.20 Å². The molecule has 0 spiro atoms. The molecule has 2 rings (SSSR count). The molecule has 4 heteroatoms. The number of piperidine rings is 1. The highest BCUT2D eigenvalue weighted by Gasteiger charge is 2.16. The molecule has 1 aromatic heterocycles. The molecule has 0 bridgehead atoms. The molecular formula is C11H15N3S. The lowest BCUT2D eigenvalue weighted by molar-refractivity contribution is 0.185. The fourth-order valence-electron chi connectivity index (χ4n) is 1.85. The SMILES string of the molecule is CC1CCN(Cc2ncc(C#N)s2)CC1. The molecule has 1 aliphatic heterocycles. The maximum absolute atomic E-state index is 8.70. The van der Waals surface area contributed by atoms with E-state index in [4.69, 9.17) is 5.26 Å². The molecule has 1 fully saturated rings. The Balaban J connectivity index is 1.89. The summed E-state index contributed by atoms with van der Waals surface area (Å²) in [5.74, 6) is 0.868. The van der Waals surface area contributed by atoms with E-state index in [2.05, 4.69) is 22.9 Å². The summed E-state index contributed by atoms with van der Waals surface area (Å²) >= 11 is 1.51. The zero-order valence-electron chi connectivity index (χ0n) is 8.94. The molecular weight excluding hydrogens is 206 g/mol. The maximum atomic E-state index is 8.70. The Labute approximate surface area is 94.4 Å². The van der Waals surface area contributed by atoms with E-state index in [-0.39, 0.29) is 0 Å². The molecule has 0 atom stereocenters. The van der Waals surface area contributed by atoms with Crippen LogP contribution in [0.25, 0.3) is 0 Å². The molecule has 0 amide bonds. The van der Waals surface area contributed by atoms with Crippen molar-refractivity contribution in [3.05, 3.63) is 16.1 Å².